The van der Waals surface area contributed by atoms with Gasteiger partial charge in [0.25, 0.3) is 5.56 Å². The summed E-state index contributed by atoms with van der Waals surface area (Å²) in [6, 6.07) is 1.82. The molecule has 2 heterocycles. The van der Waals surface area contributed by atoms with Crippen LogP contribution in [0.2, 0.25) is 0 Å². The van der Waals surface area contributed by atoms with E-state index in [-0.39, 0.29) is 17.3 Å². The number of thioether (sulfide) groups is 1. The van der Waals surface area contributed by atoms with Crippen molar-refractivity contribution in [1.29, 1.82) is 0 Å². The van der Waals surface area contributed by atoms with Crippen LogP contribution in [0.3, 0.4) is 0 Å². The highest BCUT2D eigenvalue weighted by Gasteiger charge is 2.10. The summed E-state index contributed by atoms with van der Waals surface area (Å²) in [7, 11) is 0. The molecule has 0 bridgehead atoms. The monoisotopic (exact) mass is 312 g/mol. The molecule has 0 saturated heterocycles. The Kier molecular flexibility index (Phi) is 4.82. The van der Waals surface area contributed by atoms with Crippen LogP contribution in [0.5, 0.6) is 0 Å². The minimum Gasteiger partial charge on any atom is -0.465 e. The van der Waals surface area contributed by atoms with Gasteiger partial charge in [-0.2, -0.15) is 0 Å². The predicted molar refractivity (Wildman–Crippen MR) is 81.5 cm³/mol. The smallest absolute Gasteiger partial charge is 0.316 e. The molecule has 0 atom stereocenters. The van der Waals surface area contributed by atoms with Crippen LogP contribution in [-0.2, 0) is 9.53 Å². The number of aromatic nitrogens is 2. The van der Waals surface area contributed by atoms with Crippen LogP contribution in [0.15, 0.2) is 16.0 Å². The predicted octanol–water partition coefficient (Wildman–Crippen LogP) is 2.58. The first-order chi connectivity index (χ1) is 9.45. The van der Waals surface area contributed by atoms with E-state index in [1.165, 1.54) is 23.1 Å². The molecule has 1 N–H and O–H groups in total. The molecule has 7 heteroatoms. The van der Waals surface area contributed by atoms with Crippen molar-refractivity contribution in [3.63, 3.8) is 0 Å². The summed E-state index contributed by atoms with van der Waals surface area (Å²) in [5.41, 5.74) is -0.169. The van der Waals surface area contributed by atoms with Crippen LogP contribution < -0.4 is 5.56 Å². The fourth-order valence-corrected chi connectivity index (χ4v) is 3.13. The number of rotatable bonds is 5. The zero-order valence-corrected chi connectivity index (χ0v) is 13.2. The van der Waals surface area contributed by atoms with E-state index in [1.807, 2.05) is 26.8 Å². The number of carbonyl (C=O) groups is 1. The van der Waals surface area contributed by atoms with E-state index in [0.29, 0.717) is 27.9 Å². The number of aromatic amines is 1. The third-order valence-corrected chi connectivity index (χ3v) is 4.20. The summed E-state index contributed by atoms with van der Waals surface area (Å²) in [5, 5.41) is 1.05. The lowest BCUT2D eigenvalue weighted by Crippen LogP contribution is -2.13. The van der Waals surface area contributed by atoms with Gasteiger partial charge in [0.05, 0.1) is 17.7 Å². The van der Waals surface area contributed by atoms with E-state index in [2.05, 4.69) is 9.97 Å². The quantitative estimate of drug-likeness (QED) is 0.522. The van der Waals surface area contributed by atoms with Gasteiger partial charge in [0.2, 0.25) is 0 Å². The van der Waals surface area contributed by atoms with Gasteiger partial charge in [0.15, 0.2) is 5.16 Å². The Balaban J connectivity index is 2.03. The molecule has 2 rings (SSSR count). The molecule has 0 unspecified atom stereocenters. The maximum atomic E-state index is 11.9. The van der Waals surface area contributed by atoms with Crippen LogP contribution in [0.4, 0.5) is 0 Å². The number of hydrogen-bond donors (Lipinski definition) is 1. The molecule has 0 aromatic carbocycles. The van der Waals surface area contributed by atoms with Gasteiger partial charge in [-0.25, -0.2) is 4.98 Å². The summed E-state index contributed by atoms with van der Waals surface area (Å²) < 4.78 is 5.07. The van der Waals surface area contributed by atoms with E-state index in [0.717, 1.165) is 4.88 Å². The molecule has 2 aromatic heterocycles. The average molecular weight is 312 g/mol. The number of fused-ring (bicyclic) bond motifs is 1. The lowest BCUT2D eigenvalue weighted by Gasteiger charge is -2.06. The molecule has 0 aliphatic carbocycles. The summed E-state index contributed by atoms with van der Waals surface area (Å²) in [6.45, 7) is 6.30. The minimum absolute atomic E-state index is 0.144. The average Bonchev–Trinajstić information content (AvgIpc) is 2.75. The Morgan fingerprint density at radius 2 is 2.30 bits per heavy atom. The number of nitrogens with zero attached hydrogens (tertiary/aromatic N) is 1. The maximum absolute atomic E-state index is 11.9. The van der Waals surface area contributed by atoms with Crippen molar-refractivity contribution in [1.82, 2.24) is 9.97 Å². The summed E-state index contributed by atoms with van der Waals surface area (Å²) in [6.07, 6.45) is 0. The molecule has 20 heavy (non-hydrogen) atoms. The van der Waals surface area contributed by atoms with E-state index in [1.54, 1.807) is 0 Å². The maximum Gasteiger partial charge on any atom is 0.316 e. The highest BCUT2D eigenvalue weighted by Crippen LogP contribution is 2.22. The largest absolute Gasteiger partial charge is 0.465 e. The number of nitrogens with one attached hydrogen (secondary N) is 1. The number of hydrogen-bond acceptors (Lipinski definition) is 6. The molecule has 108 valence electrons. The Labute approximate surface area is 124 Å². The van der Waals surface area contributed by atoms with E-state index in [4.69, 9.17) is 4.74 Å². The second-order valence-corrected chi connectivity index (χ2v) is 7.01. The van der Waals surface area contributed by atoms with Crippen molar-refractivity contribution in [3.05, 3.63) is 21.3 Å². The third-order valence-electron chi connectivity index (χ3n) is 2.41. The first kappa shape index (κ1) is 15.1. The molecule has 5 nitrogen and oxygen atoms in total. The van der Waals surface area contributed by atoms with Gasteiger partial charge in [0.1, 0.15) is 4.83 Å². The first-order valence-electron chi connectivity index (χ1n) is 6.24. The van der Waals surface area contributed by atoms with Crippen molar-refractivity contribution in [3.8, 4) is 0 Å². The number of esters is 1. The second kappa shape index (κ2) is 6.41. The fourth-order valence-electron chi connectivity index (χ4n) is 1.53. The van der Waals surface area contributed by atoms with Crippen molar-refractivity contribution in [2.24, 2.45) is 5.92 Å². The van der Waals surface area contributed by atoms with Crippen LogP contribution in [0.1, 0.15) is 18.7 Å². The first-order valence-corrected chi connectivity index (χ1v) is 8.05. The van der Waals surface area contributed by atoms with E-state index < -0.39 is 0 Å². The molecule has 0 radical (unpaired) electrons. The van der Waals surface area contributed by atoms with Gasteiger partial charge in [-0.05, 0) is 18.9 Å². The standard InChI is InChI=1S/C13H16N2O3S2/c1-7(2)5-18-10(16)6-19-13-14-11(17)9-4-8(3)20-12(9)15-13/h4,7H,5-6H2,1-3H3,(H,14,15,17). The van der Waals surface area contributed by atoms with E-state index >= 15 is 0 Å². The number of H-pyrrole nitrogens is 1. The number of aryl methyl sites for hydroxylation is 1. The van der Waals surface area contributed by atoms with Gasteiger partial charge < -0.3 is 9.72 Å². The highest BCUT2D eigenvalue weighted by atomic mass is 32.2. The van der Waals surface area contributed by atoms with Crippen LogP contribution in [0, 0.1) is 12.8 Å². The lowest BCUT2D eigenvalue weighted by molar-refractivity contribution is -0.141. The number of ether oxygens (including phenoxy) is 1. The minimum atomic E-state index is -0.297. The number of carbonyl (C=O) groups excluding carboxylic acids is 1. The van der Waals surface area contributed by atoms with Gasteiger partial charge in [-0.1, -0.05) is 25.6 Å². The summed E-state index contributed by atoms with van der Waals surface area (Å²) >= 11 is 2.65. The SMILES string of the molecule is Cc1cc2c(=O)[nH]c(SCC(=O)OCC(C)C)nc2s1. The molecular formula is C13H16N2O3S2. The third kappa shape index (κ3) is 3.83. The van der Waals surface area contributed by atoms with Crippen molar-refractivity contribution in [2.75, 3.05) is 12.4 Å². The van der Waals surface area contributed by atoms with Gasteiger partial charge in [-0.3, -0.25) is 9.59 Å². The van der Waals surface area contributed by atoms with Crippen LogP contribution in [0.25, 0.3) is 10.2 Å². The lowest BCUT2D eigenvalue weighted by atomic mass is 10.2. The van der Waals surface area contributed by atoms with Gasteiger partial charge in [-0.15, -0.1) is 11.3 Å². The Bertz CT molecular complexity index is 676. The van der Waals surface area contributed by atoms with Crippen molar-refractivity contribution < 1.29 is 9.53 Å². The molecule has 0 aliphatic rings. The van der Waals surface area contributed by atoms with Gasteiger partial charge >= 0.3 is 5.97 Å². The number of thiophene rings is 1. The topological polar surface area (TPSA) is 72.0 Å². The normalized spacial score (nSPS) is 11.2. The molecule has 0 aliphatic heterocycles. The van der Waals surface area contributed by atoms with E-state index in [9.17, 15) is 9.59 Å². The Morgan fingerprint density at radius 3 is 3.00 bits per heavy atom. The Morgan fingerprint density at radius 1 is 1.55 bits per heavy atom. The van der Waals surface area contributed by atoms with Crippen LogP contribution in [-0.4, -0.2) is 28.3 Å². The zero-order valence-electron chi connectivity index (χ0n) is 11.6. The van der Waals surface area contributed by atoms with Crippen LogP contribution >= 0.6 is 23.1 Å². The molecular weight excluding hydrogens is 296 g/mol. The second-order valence-electron chi connectivity index (χ2n) is 4.81. The molecule has 2 aromatic rings. The Hall–Kier alpha value is -1.34. The zero-order chi connectivity index (χ0) is 14.7. The van der Waals surface area contributed by atoms with Crippen molar-refractivity contribution in [2.45, 2.75) is 25.9 Å². The molecule has 0 saturated carbocycles. The van der Waals surface area contributed by atoms with Gasteiger partial charge in [0, 0.05) is 4.88 Å². The molecule has 0 amide bonds. The highest BCUT2D eigenvalue weighted by molar-refractivity contribution is 7.99. The summed E-state index contributed by atoms with van der Waals surface area (Å²) in [4.78, 5) is 32.1. The fraction of sp³-hybridized carbons (Fsp3) is 0.462. The van der Waals surface area contributed by atoms with Crippen molar-refractivity contribution >= 4 is 39.3 Å². The molecule has 0 fully saturated rings. The summed E-state index contributed by atoms with van der Waals surface area (Å²) in [5.74, 6) is 0.159. The molecule has 0 spiro atoms.